The van der Waals surface area contributed by atoms with Crippen molar-refractivity contribution in [1.29, 1.82) is 0 Å². The van der Waals surface area contributed by atoms with E-state index in [0.29, 0.717) is 5.75 Å². The van der Waals surface area contributed by atoms with Crippen LogP contribution < -0.4 is 10.1 Å². The molecular formula is C14H22FNO. The summed E-state index contributed by atoms with van der Waals surface area (Å²) in [5, 5.41) is 3.34. The van der Waals surface area contributed by atoms with Crippen molar-refractivity contribution in [3.05, 3.63) is 29.6 Å². The molecule has 0 spiro atoms. The minimum atomic E-state index is -0.290. The normalized spacial score (nSPS) is 12.8. The summed E-state index contributed by atoms with van der Waals surface area (Å²) in [5.74, 6) is 0.0833. The van der Waals surface area contributed by atoms with E-state index >= 15 is 0 Å². The Morgan fingerprint density at radius 2 is 2.00 bits per heavy atom. The molecule has 0 aliphatic carbocycles. The SMILES string of the molecule is CCCNC(C)c1cccc(F)c1OC(C)C. The van der Waals surface area contributed by atoms with E-state index in [2.05, 4.69) is 12.2 Å². The highest BCUT2D eigenvalue weighted by atomic mass is 19.1. The fourth-order valence-corrected chi connectivity index (χ4v) is 1.70. The number of halogens is 1. The predicted molar refractivity (Wildman–Crippen MR) is 68.9 cm³/mol. The van der Waals surface area contributed by atoms with Crippen LogP contribution in [0.4, 0.5) is 4.39 Å². The first-order valence-corrected chi connectivity index (χ1v) is 6.24. The fourth-order valence-electron chi connectivity index (χ4n) is 1.70. The van der Waals surface area contributed by atoms with Gasteiger partial charge in [-0.2, -0.15) is 0 Å². The Bertz CT molecular complexity index is 352. The van der Waals surface area contributed by atoms with Gasteiger partial charge in [0.05, 0.1) is 6.10 Å². The lowest BCUT2D eigenvalue weighted by atomic mass is 10.1. The van der Waals surface area contributed by atoms with Crippen LogP contribution in [0.3, 0.4) is 0 Å². The number of rotatable bonds is 6. The molecule has 3 heteroatoms. The highest BCUT2D eigenvalue weighted by molar-refractivity contribution is 5.37. The summed E-state index contributed by atoms with van der Waals surface area (Å²) in [6.07, 6.45) is 1.03. The maximum Gasteiger partial charge on any atom is 0.165 e. The molecule has 0 amide bonds. The van der Waals surface area contributed by atoms with Crippen LogP contribution in [0, 0.1) is 5.82 Å². The monoisotopic (exact) mass is 239 g/mol. The van der Waals surface area contributed by atoms with E-state index in [1.54, 1.807) is 6.07 Å². The molecule has 0 radical (unpaired) electrons. The van der Waals surface area contributed by atoms with Crippen LogP contribution in [-0.4, -0.2) is 12.6 Å². The zero-order valence-electron chi connectivity index (χ0n) is 11.1. The second-order valence-electron chi connectivity index (χ2n) is 4.50. The molecule has 0 aliphatic heterocycles. The van der Waals surface area contributed by atoms with Gasteiger partial charge in [-0.3, -0.25) is 0 Å². The Hall–Kier alpha value is -1.09. The topological polar surface area (TPSA) is 21.3 Å². The van der Waals surface area contributed by atoms with Crippen molar-refractivity contribution in [3.63, 3.8) is 0 Å². The lowest BCUT2D eigenvalue weighted by molar-refractivity contribution is 0.226. The Balaban J connectivity index is 2.92. The molecular weight excluding hydrogens is 217 g/mol. The number of hydrogen-bond acceptors (Lipinski definition) is 2. The van der Waals surface area contributed by atoms with Gasteiger partial charge < -0.3 is 10.1 Å². The second-order valence-corrected chi connectivity index (χ2v) is 4.50. The molecule has 1 aromatic carbocycles. The molecule has 0 fully saturated rings. The Labute approximate surface area is 103 Å². The third-order valence-corrected chi connectivity index (χ3v) is 2.52. The van der Waals surface area contributed by atoms with E-state index in [1.165, 1.54) is 6.07 Å². The van der Waals surface area contributed by atoms with Crippen LogP contribution in [-0.2, 0) is 0 Å². The summed E-state index contributed by atoms with van der Waals surface area (Å²) < 4.78 is 19.3. The van der Waals surface area contributed by atoms with Gasteiger partial charge in [-0.25, -0.2) is 4.39 Å². The lowest BCUT2D eigenvalue weighted by Crippen LogP contribution is -2.21. The van der Waals surface area contributed by atoms with Crippen molar-refractivity contribution in [2.45, 2.75) is 46.3 Å². The molecule has 1 rings (SSSR count). The molecule has 0 bridgehead atoms. The molecule has 1 atom stereocenters. The minimum Gasteiger partial charge on any atom is -0.488 e. The fraction of sp³-hybridized carbons (Fsp3) is 0.571. The van der Waals surface area contributed by atoms with E-state index in [-0.39, 0.29) is 18.0 Å². The number of ether oxygens (including phenoxy) is 1. The molecule has 1 aromatic rings. The molecule has 0 saturated heterocycles. The van der Waals surface area contributed by atoms with Crippen molar-refractivity contribution in [3.8, 4) is 5.75 Å². The first-order chi connectivity index (χ1) is 8.06. The van der Waals surface area contributed by atoms with Crippen LogP contribution in [0.5, 0.6) is 5.75 Å². The Morgan fingerprint density at radius 1 is 1.29 bits per heavy atom. The second kappa shape index (κ2) is 6.60. The Morgan fingerprint density at radius 3 is 2.59 bits per heavy atom. The molecule has 0 aliphatic rings. The molecule has 0 heterocycles. The summed E-state index contributed by atoms with van der Waals surface area (Å²) >= 11 is 0. The van der Waals surface area contributed by atoms with Gasteiger partial charge in [-0.05, 0) is 39.8 Å². The lowest BCUT2D eigenvalue weighted by Gasteiger charge is -2.20. The molecule has 1 N–H and O–H groups in total. The third-order valence-electron chi connectivity index (χ3n) is 2.52. The Kier molecular flexibility index (Phi) is 5.42. The summed E-state index contributed by atoms with van der Waals surface area (Å²) in [4.78, 5) is 0. The van der Waals surface area contributed by atoms with E-state index < -0.39 is 0 Å². The van der Waals surface area contributed by atoms with Gasteiger partial charge in [0.2, 0.25) is 0 Å². The number of hydrogen-bond donors (Lipinski definition) is 1. The maximum atomic E-state index is 13.7. The third kappa shape index (κ3) is 4.00. The number of benzene rings is 1. The van der Waals surface area contributed by atoms with Crippen molar-refractivity contribution < 1.29 is 9.13 Å². The van der Waals surface area contributed by atoms with Crippen LogP contribution in [0.15, 0.2) is 18.2 Å². The van der Waals surface area contributed by atoms with Crippen LogP contribution in [0.1, 0.15) is 45.7 Å². The maximum absolute atomic E-state index is 13.7. The molecule has 17 heavy (non-hydrogen) atoms. The number of nitrogens with one attached hydrogen (secondary N) is 1. The van der Waals surface area contributed by atoms with Gasteiger partial charge in [0, 0.05) is 11.6 Å². The predicted octanol–water partition coefficient (Wildman–Crippen LogP) is 3.67. The molecule has 2 nitrogen and oxygen atoms in total. The van der Waals surface area contributed by atoms with Gasteiger partial charge in [-0.15, -0.1) is 0 Å². The van der Waals surface area contributed by atoms with E-state index in [9.17, 15) is 4.39 Å². The van der Waals surface area contributed by atoms with Gasteiger partial charge in [0.25, 0.3) is 0 Å². The highest BCUT2D eigenvalue weighted by Gasteiger charge is 2.15. The van der Waals surface area contributed by atoms with Gasteiger partial charge in [-0.1, -0.05) is 19.1 Å². The largest absolute Gasteiger partial charge is 0.488 e. The van der Waals surface area contributed by atoms with Crippen LogP contribution >= 0.6 is 0 Å². The molecule has 96 valence electrons. The number of para-hydroxylation sites is 1. The standard InChI is InChI=1S/C14H22FNO/c1-5-9-16-11(4)12-7-6-8-13(15)14(12)17-10(2)3/h6-8,10-11,16H,5,9H2,1-4H3. The van der Waals surface area contributed by atoms with Gasteiger partial charge >= 0.3 is 0 Å². The van der Waals surface area contributed by atoms with E-state index in [0.717, 1.165) is 18.5 Å². The van der Waals surface area contributed by atoms with Crippen molar-refractivity contribution in [2.75, 3.05) is 6.54 Å². The first kappa shape index (κ1) is 14.0. The van der Waals surface area contributed by atoms with Gasteiger partial charge in [0.15, 0.2) is 11.6 Å². The van der Waals surface area contributed by atoms with Crippen molar-refractivity contribution in [2.24, 2.45) is 0 Å². The quantitative estimate of drug-likeness (QED) is 0.817. The summed E-state index contributed by atoms with van der Waals surface area (Å²) in [6, 6.07) is 5.17. The van der Waals surface area contributed by atoms with E-state index in [4.69, 9.17) is 4.74 Å². The molecule has 0 aromatic heterocycles. The van der Waals surface area contributed by atoms with Crippen molar-refractivity contribution >= 4 is 0 Å². The average Bonchev–Trinajstić information content (AvgIpc) is 2.28. The zero-order chi connectivity index (χ0) is 12.8. The average molecular weight is 239 g/mol. The van der Waals surface area contributed by atoms with Gasteiger partial charge in [0.1, 0.15) is 0 Å². The van der Waals surface area contributed by atoms with Crippen molar-refractivity contribution in [1.82, 2.24) is 5.32 Å². The summed E-state index contributed by atoms with van der Waals surface area (Å²) in [7, 11) is 0. The molecule has 1 unspecified atom stereocenters. The van der Waals surface area contributed by atoms with Crippen LogP contribution in [0.25, 0.3) is 0 Å². The summed E-state index contributed by atoms with van der Waals surface area (Å²) in [5.41, 5.74) is 0.882. The molecule has 0 saturated carbocycles. The first-order valence-electron chi connectivity index (χ1n) is 6.24. The summed E-state index contributed by atoms with van der Waals surface area (Å²) in [6.45, 7) is 8.86. The zero-order valence-corrected chi connectivity index (χ0v) is 11.1. The highest BCUT2D eigenvalue weighted by Crippen LogP contribution is 2.28. The minimum absolute atomic E-state index is 0.0241. The smallest absolute Gasteiger partial charge is 0.165 e. The van der Waals surface area contributed by atoms with E-state index in [1.807, 2.05) is 26.8 Å². The van der Waals surface area contributed by atoms with Crippen LogP contribution in [0.2, 0.25) is 0 Å².